The van der Waals surface area contributed by atoms with Gasteiger partial charge >= 0.3 is 0 Å². The van der Waals surface area contributed by atoms with Crippen molar-refractivity contribution in [2.24, 2.45) is 5.41 Å². The number of piperazine rings is 1. The van der Waals surface area contributed by atoms with Crippen molar-refractivity contribution in [3.05, 3.63) is 93.7 Å². The first-order valence-electron chi connectivity index (χ1n) is 22.3. The van der Waals surface area contributed by atoms with Gasteiger partial charge in [0.2, 0.25) is 17.7 Å². The number of rotatable bonds is 16. The minimum absolute atomic E-state index is 0.0117. The number of likely N-dealkylation sites (tertiary alicyclic amines) is 1. The fraction of sp³-hybridized carbons (Fsp3) is 0.479. The minimum atomic E-state index is -0.960. The van der Waals surface area contributed by atoms with E-state index in [2.05, 4.69) is 35.7 Å². The van der Waals surface area contributed by atoms with Gasteiger partial charge in [-0.3, -0.25) is 24.1 Å². The Morgan fingerprint density at radius 1 is 1.00 bits per heavy atom. The SMILES string of the molecule is Cc1ncsc1-c1ccc([C@H](C)NC(=O)[C@@H]2C[C@@H](O)CN2C(=O)C(NC(=O)COCCN2CCN(c3ccc(C(=O)NC4CC(Oc5ccc(C#N)c(Cl)c5)C4)cn3)CC2)C(C)(C)C)cc1. The number of aromatic nitrogens is 2. The lowest BCUT2D eigenvalue weighted by molar-refractivity contribution is -0.144. The number of aryl methyl sites for hydroxylation is 1. The molecule has 7 rings (SSSR count). The maximum absolute atomic E-state index is 14.1. The lowest BCUT2D eigenvalue weighted by Crippen LogP contribution is -2.58. The molecule has 1 unspecified atom stereocenters. The molecule has 4 aromatic rings. The lowest BCUT2D eigenvalue weighted by atomic mass is 9.85. The Morgan fingerprint density at radius 2 is 1.74 bits per heavy atom. The van der Waals surface area contributed by atoms with Gasteiger partial charge in [-0.2, -0.15) is 5.26 Å². The minimum Gasteiger partial charge on any atom is -0.490 e. The highest BCUT2D eigenvalue weighted by Crippen LogP contribution is 2.31. The van der Waals surface area contributed by atoms with Gasteiger partial charge in [0.25, 0.3) is 5.91 Å². The molecule has 2 aromatic heterocycles. The molecule has 18 heteroatoms. The monoisotopic (exact) mass is 939 g/mol. The van der Waals surface area contributed by atoms with Crippen LogP contribution in [0.2, 0.25) is 5.02 Å². The Morgan fingerprint density at radius 3 is 2.38 bits per heavy atom. The number of carbonyl (C=O) groups is 4. The van der Waals surface area contributed by atoms with E-state index in [1.54, 1.807) is 41.8 Å². The first-order valence-corrected chi connectivity index (χ1v) is 23.6. The number of nitrogens with zero attached hydrogens (tertiary/aromatic N) is 6. The van der Waals surface area contributed by atoms with Crippen molar-refractivity contribution in [2.75, 3.05) is 57.4 Å². The first-order chi connectivity index (χ1) is 31.6. The number of aliphatic hydroxyl groups is 1. The molecule has 4 N–H and O–H groups in total. The molecule has 1 aliphatic carbocycles. The number of hydrogen-bond donors (Lipinski definition) is 4. The molecule has 3 aliphatic rings. The summed E-state index contributed by atoms with van der Waals surface area (Å²) in [7, 11) is 0. The van der Waals surface area contributed by atoms with Crippen molar-refractivity contribution in [3.63, 3.8) is 0 Å². The number of nitriles is 1. The number of β-amino-alcohol motifs (C(OH)–C–C–N with tert-alkyl or cyclic N) is 1. The van der Waals surface area contributed by atoms with Gasteiger partial charge in [-0.15, -0.1) is 11.3 Å². The summed E-state index contributed by atoms with van der Waals surface area (Å²) >= 11 is 7.69. The summed E-state index contributed by atoms with van der Waals surface area (Å²) < 4.78 is 11.7. The zero-order valence-corrected chi connectivity index (χ0v) is 39.5. The second-order valence-corrected chi connectivity index (χ2v) is 19.6. The topological polar surface area (TPSA) is 202 Å². The molecule has 2 saturated heterocycles. The molecule has 1 saturated carbocycles. The molecule has 0 bridgehead atoms. The number of anilines is 1. The van der Waals surface area contributed by atoms with Crippen LogP contribution < -0.4 is 25.6 Å². The molecule has 2 aliphatic heterocycles. The third-order valence-electron chi connectivity index (χ3n) is 12.3. The predicted octanol–water partition coefficient (Wildman–Crippen LogP) is 4.89. The maximum atomic E-state index is 14.1. The van der Waals surface area contributed by atoms with Crippen LogP contribution in [0.4, 0.5) is 5.82 Å². The quantitative estimate of drug-likeness (QED) is 0.111. The van der Waals surface area contributed by atoms with Crippen molar-refractivity contribution in [1.29, 1.82) is 5.26 Å². The second-order valence-electron chi connectivity index (χ2n) is 18.3. The molecular weight excluding hydrogens is 882 g/mol. The van der Waals surface area contributed by atoms with Crippen LogP contribution in [0.25, 0.3) is 10.4 Å². The summed E-state index contributed by atoms with van der Waals surface area (Å²) in [5, 5.41) is 29.0. The predicted molar refractivity (Wildman–Crippen MR) is 251 cm³/mol. The standard InChI is InChI=1S/C48H58ClN9O7S/c1-29(31-6-8-32(9-7-31)43-30(2)52-28-66-43)53-46(62)40-22-36(59)26-58(40)47(63)44(48(3,4)5)55-42(60)27-64-19-18-56-14-16-57(17-15-56)41-13-11-34(25-51-41)45(61)54-35-20-38(21-35)65-37-12-10-33(24-50)39(49)23-37/h6-13,23,25,28-29,35-36,38,40,44,59H,14-22,26-27H2,1-5H3,(H,53,62)(H,54,61)(H,55,60)/t29-,35?,36+,38?,40-,44?/m0/s1. The van der Waals surface area contributed by atoms with Crippen LogP contribution in [0, 0.1) is 23.7 Å². The summed E-state index contributed by atoms with van der Waals surface area (Å²) in [4.78, 5) is 69.7. The Balaban J connectivity index is 0.805. The highest BCUT2D eigenvalue weighted by Gasteiger charge is 2.45. The lowest BCUT2D eigenvalue weighted by Gasteiger charge is -2.36. The molecule has 2 aromatic carbocycles. The van der Waals surface area contributed by atoms with E-state index in [1.165, 1.54) is 4.90 Å². The van der Waals surface area contributed by atoms with Crippen LogP contribution >= 0.6 is 22.9 Å². The van der Waals surface area contributed by atoms with Crippen molar-refractivity contribution in [2.45, 2.75) is 90.3 Å². The Kier molecular flexibility index (Phi) is 15.6. The number of nitrogens with one attached hydrogen (secondary N) is 3. The Bertz CT molecular complexity index is 2390. The average molecular weight is 941 g/mol. The van der Waals surface area contributed by atoms with Crippen LogP contribution in [-0.2, 0) is 19.1 Å². The summed E-state index contributed by atoms with van der Waals surface area (Å²) in [6, 6.07) is 16.4. The number of benzene rings is 2. The molecular formula is C48H58ClN9O7S. The zero-order chi connectivity index (χ0) is 47.1. The Labute approximate surface area is 394 Å². The van der Waals surface area contributed by atoms with Crippen molar-refractivity contribution in [1.82, 2.24) is 35.7 Å². The number of hydrogen-bond acceptors (Lipinski definition) is 13. The van der Waals surface area contributed by atoms with E-state index in [4.69, 9.17) is 26.3 Å². The highest BCUT2D eigenvalue weighted by atomic mass is 35.5. The van der Waals surface area contributed by atoms with Crippen LogP contribution in [0.15, 0.2) is 66.3 Å². The van der Waals surface area contributed by atoms with E-state index >= 15 is 0 Å². The van der Waals surface area contributed by atoms with Gasteiger partial charge in [0.05, 0.1) is 51.0 Å². The van der Waals surface area contributed by atoms with Crippen molar-refractivity contribution < 1.29 is 33.8 Å². The number of aliphatic hydroxyl groups excluding tert-OH is 1. The third kappa shape index (κ3) is 12.0. The molecule has 3 fully saturated rings. The van der Waals surface area contributed by atoms with Gasteiger partial charge < -0.3 is 40.3 Å². The van der Waals surface area contributed by atoms with Crippen molar-refractivity contribution in [3.8, 4) is 22.3 Å². The van der Waals surface area contributed by atoms with Gasteiger partial charge in [-0.05, 0) is 54.7 Å². The highest BCUT2D eigenvalue weighted by molar-refractivity contribution is 7.13. The molecule has 4 heterocycles. The molecule has 0 spiro atoms. The summed E-state index contributed by atoms with van der Waals surface area (Å²) in [6.45, 7) is 13.0. The fourth-order valence-corrected chi connectivity index (χ4v) is 9.41. The number of ether oxygens (including phenoxy) is 2. The molecule has 4 amide bonds. The van der Waals surface area contributed by atoms with E-state index < -0.39 is 35.4 Å². The zero-order valence-electron chi connectivity index (χ0n) is 38.0. The third-order valence-corrected chi connectivity index (χ3v) is 13.6. The van der Waals surface area contributed by atoms with E-state index in [-0.39, 0.29) is 49.6 Å². The number of halogens is 1. The van der Waals surface area contributed by atoms with Gasteiger partial charge in [-0.1, -0.05) is 56.6 Å². The normalized spacial score (nSPS) is 20.7. The van der Waals surface area contributed by atoms with Crippen LogP contribution in [0.3, 0.4) is 0 Å². The smallest absolute Gasteiger partial charge is 0.253 e. The van der Waals surface area contributed by atoms with Crippen molar-refractivity contribution >= 4 is 52.4 Å². The first kappa shape index (κ1) is 48.3. The average Bonchev–Trinajstić information content (AvgIpc) is 3.91. The second kappa shape index (κ2) is 21.3. The number of pyridine rings is 1. The molecule has 0 radical (unpaired) electrons. The summed E-state index contributed by atoms with van der Waals surface area (Å²) in [6.07, 6.45) is 2.09. The molecule has 66 heavy (non-hydrogen) atoms. The van der Waals surface area contributed by atoms with E-state index in [0.717, 1.165) is 53.7 Å². The molecule has 16 nitrogen and oxygen atoms in total. The molecule has 350 valence electrons. The van der Waals surface area contributed by atoms with E-state index in [9.17, 15) is 24.3 Å². The van der Waals surface area contributed by atoms with Gasteiger partial charge in [0, 0.05) is 76.8 Å². The number of amides is 4. The van der Waals surface area contributed by atoms with Crippen LogP contribution in [0.1, 0.15) is 80.2 Å². The van der Waals surface area contributed by atoms with Crippen LogP contribution in [0.5, 0.6) is 5.75 Å². The number of carbonyl (C=O) groups excluding carboxylic acids is 4. The van der Waals surface area contributed by atoms with Gasteiger partial charge in [-0.25, -0.2) is 9.97 Å². The largest absolute Gasteiger partial charge is 0.490 e. The van der Waals surface area contributed by atoms with E-state index in [1.807, 2.05) is 76.5 Å². The summed E-state index contributed by atoms with van der Waals surface area (Å²) in [5.41, 5.74) is 4.90. The van der Waals surface area contributed by atoms with E-state index in [0.29, 0.717) is 47.9 Å². The summed E-state index contributed by atoms with van der Waals surface area (Å²) in [5.74, 6) is -0.0571. The Hall–Kier alpha value is -5.64. The van der Waals surface area contributed by atoms with Gasteiger partial charge in [0.1, 0.15) is 42.4 Å². The number of thiazole rings is 1. The van der Waals surface area contributed by atoms with Gasteiger partial charge in [0.15, 0.2) is 0 Å². The fourth-order valence-electron chi connectivity index (χ4n) is 8.39. The molecule has 4 atom stereocenters. The van der Waals surface area contributed by atoms with Crippen LogP contribution in [-0.4, -0.2) is 131 Å². The maximum Gasteiger partial charge on any atom is 0.253 e.